The van der Waals surface area contributed by atoms with E-state index in [2.05, 4.69) is 10.1 Å². The van der Waals surface area contributed by atoms with Gasteiger partial charge in [0.25, 0.3) is 5.56 Å². The van der Waals surface area contributed by atoms with Gasteiger partial charge in [-0.15, -0.1) is 0 Å². The Hall–Kier alpha value is -4.86. The summed E-state index contributed by atoms with van der Waals surface area (Å²) in [5, 5.41) is 3.22. The van der Waals surface area contributed by atoms with Crippen molar-refractivity contribution < 1.29 is 23.4 Å². The van der Waals surface area contributed by atoms with E-state index < -0.39 is 17.3 Å². The molecule has 0 aliphatic carbocycles. The summed E-state index contributed by atoms with van der Waals surface area (Å²) >= 11 is 0. The van der Waals surface area contributed by atoms with Crippen molar-refractivity contribution in [3.63, 3.8) is 0 Å². The van der Waals surface area contributed by atoms with Crippen LogP contribution in [0, 0.1) is 5.82 Å². The zero-order valence-corrected chi connectivity index (χ0v) is 20.5. The topological polar surface area (TPSA) is 98.7 Å². The fraction of sp³-hybridized carbons (Fsp3) is 0.148. The Balaban J connectivity index is 1.98. The number of nitrogens with one attached hydrogen (secondary N) is 1. The largest absolute Gasteiger partial charge is 0.497 e. The molecule has 0 aliphatic heterocycles. The van der Waals surface area contributed by atoms with E-state index in [4.69, 9.17) is 14.2 Å². The molecule has 2 aromatic carbocycles. The lowest BCUT2D eigenvalue weighted by Gasteiger charge is -2.21. The van der Waals surface area contributed by atoms with Crippen LogP contribution in [-0.2, 0) is 16.1 Å². The van der Waals surface area contributed by atoms with Crippen LogP contribution in [0.4, 0.5) is 10.1 Å². The molecule has 1 N–H and O–H groups in total. The van der Waals surface area contributed by atoms with Gasteiger partial charge < -0.3 is 19.1 Å². The van der Waals surface area contributed by atoms with E-state index in [0.29, 0.717) is 17.2 Å². The fourth-order valence-corrected chi connectivity index (χ4v) is 3.75. The molecule has 2 aromatic heterocycles. The van der Waals surface area contributed by atoms with E-state index >= 15 is 4.39 Å². The predicted molar refractivity (Wildman–Crippen MR) is 137 cm³/mol. The SMILES string of the molecule is COC(=O)C=c1[nH]n(-c2ccccc2OC)c(=O)c1=CN(Cc1cccnc1)c1ccc(OC)cc1F. The number of aromatic amines is 1. The highest BCUT2D eigenvalue weighted by Gasteiger charge is 2.16. The molecule has 0 bridgehead atoms. The fourth-order valence-electron chi connectivity index (χ4n) is 3.75. The number of carbonyl (C=O) groups excluding carboxylic acids is 1. The number of halogens is 1. The molecule has 0 spiro atoms. The Labute approximate surface area is 211 Å². The standard InChI is InChI=1S/C27H25FN4O5/c1-35-19-10-11-23(21(28)13-19)31(16-18-7-6-12-29-15-18)17-20-22(14-26(33)37-3)30-32(27(20)34)24-8-4-5-9-25(24)36-2/h4-15,17,30H,16H2,1-3H3. The number of carbonyl (C=O) groups is 1. The number of H-pyrrole nitrogens is 1. The smallest absolute Gasteiger partial charge is 0.332 e. The maximum Gasteiger partial charge on any atom is 0.332 e. The zero-order chi connectivity index (χ0) is 26.4. The first-order valence-corrected chi connectivity index (χ1v) is 11.2. The molecule has 190 valence electrons. The summed E-state index contributed by atoms with van der Waals surface area (Å²) in [6.07, 6.45) is 5.92. The average Bonchev–Trinajstić information content (AvgIpc) is 3.22. The molecule has 0 atom stereocenters. The Morgan fingerprint density at radius 2 is 1.92 bits per heavy atom. The lowest BCUT2D eigenvalue weighted by atomic mass is 10.2. The minimum atomic E-state index is -0.669. The molecule has 0 aliphatic rings. The number of para-hydroxylation sites is 2. The summed E-state index contributed by atoms with van der Waals surface area (Å²) in [6.45, 7) is 0.189. The van der Waals surface area contributed by atoms with E-state index in [1.54, 1.807) is 59.8 Å². The number of ether oxygens (including phenoxy) is 3. The minimum absolute atomic E-state index is 0.107. The number of pyridine rings is 1. The second kappa shape index (κ2) is 11.3. The van der Waals surface area contributed by atoms with Gasteiger partial charge in [0.05, 0.1) is 37.6 Å². The molecule has 0 amide bonds. The Bertz CT molecular complexity index is 1580. The third kappa shape index (κ3) is 5.53. The first kappa shape index (κ1) is 25.2. The zero-order valence-electron chi connectivity index (χ0n) is 20.5. The van der Waals surface area contributed by atoms with E-state index in [0.717, 1.165) is 11.6 Å². The second-order valence-electron chi connectivity index (χ2n) is 7.85. The Morgan fingerprint density at radius 1 is 1.11 bits per heavy atom. The van der Waals surface area contributed by atoms with Crippen molar-refractivity contribution in [2.24, 2.45) is 0 Å². The second-order valence-corrected chi connectivity index (χ2v) is 7.85. The van der Waals surface area contributed by atoms with Gasteiger partial charge in [-0.05, 0) is 35.9 Å². The van der Waals surface area contributed by atoms with Crippen molar-refractivity contribution in [2.45, 2.75) is 6.54 Å². The highest BCUT2D eigenvalue weighted by molar-refractivity contribution is 5.99. The number of anilines is 1. The molecular formula is C27H25FN4O5. The highest BCUT2D eigenvalue weighted by atomic mass is 19.1. The molecule has 0 saturated heterocycles. The van der Waals surface area contributed by atoms with E-state index in [-0.39, 0.29) is 22.8 Å². The minimum Gasteiger partial charge on any atom is -0.497 e. The number of esters is 1. The van der Waals surface area contributed by atoms with Crippen molar-refractivity contribution >= 4 is 23.9 Å². The normalized spacial score (nSPS) is 11.9. The molecule has 37 heavy (non-hydrogen) atoms. The first-order chi connectivity index (χ1) is 17.9. The summed E-state index contributed by atoms with van der Waals surface area (Å²) in [6, 6.07) is 14.9. The summed E-state index contributed by atoms with van der Waals surface area (Å²) in [4.78, 5) is 31.5. The van der Waals surface area contributed by atoms with Crippen LogP contribution in [0.25, 0.3) is 18.0 Å². The lowest BCUT2D eigenvalue weighted by Crippen LogP contribution is -2.38. The summed E-state index contributed by atoms with van der Waals surface area (Å²) < 4.78 is 31.7. The van der Waals surface area contributed by atoms with Crippen molar-refractivity contribution in [3.8, 4) is 17.2 Å². The maximum atomic E-state index is 15.2. The number of methoxy groups -OCH3 is 3. The maximum absolute atomic E-state index is 15.2. The van der Waals surface area contributed by atoms with Crippen molar-refractivity contribution in [1.29, 1.82) is 0 Å². The van der Waals surface area contributed by atoms with Crippen LogP contribution in [0.15, 0.2) is 71.8 Å². The Kier molecular flexibility index (Phi) is 7.68. The van der Waals surface area contributed by atoms with E-state index in [1.807, 2.05) is 6.07 Å². The van der Waals surface area contributed by atoms with Crippen LogP contribution in [0.5, 0.6) is 11.5 Å². The predicted octanol–water partition coefficient (Wildman–Crippen LogP) is 2.12. The number of hydrogen-bond acceptors (Lipinski definition) is 7. The van der Waals surface area contributed by atoms with Gasteiger partial charge in [-0.2, -0.15) is 0 Å². The number of benzene rings is 2. The van der Waals surface area contributed by atoms with Gasteiger partial charge in [0.15, 0.2) is 5.82 Å². The molecular weight excluding hydrogens is 479 g/mol. The molecule has 0 fully saturated rings. The van der Waals surface area contributed by atoms with Gasteiger partial charge in [0.2, 0.25) is 0 Å². The summed E-state index contributed by atoms with van der Waals surface area (Å²) in [5.41, 5.74) is 0.916. The van der Waals surface area contributed by atoms with Crippen LogP contribution in [0.1, 0.15) is 5.56 Å². The van der Waals surface area contributed by atoms with Crippen LogP contribution < -0.4 is 30.5 Å². The molecule has 0 saturated carbocycles. The van der Waals surface area contributed by atoms with Gasteiger partial charge in [-0.3, -0.25) is 14.9 Å². The van der Waals surface area contributed by atoms with Crippen LogP contribution in [-0.4, -0.2) is 42.1 Å². The molecule has 2 heterocycles. The highest BCUT2D eigenvalue weighted by Crippen LogP contribution is 2.26. The molecule has 0 radical (unpaired) electrons. The molecule has 0 unspecified atom stereocenters. The average molecular weight is 505 g/mol. The van der Waals surface area contributed by atoms with Gasteiger partial charge in [-0.1, -0.05) is 18.2 Å². The monoisotopic (exact) mass is 504 g/mol. The lowest BCUT2D eigenvalue weighted by molar-refractivity contribution is -0.133. The third-order valence-corrected chi connectivity index (χ3v) is 5.57. The van der Waals surface area contributed by atoms with Crippen molar-refractivity contribution in [2.75, 3.05) is 26.2 Å². The van der Waals surface area contributed by atoms with Gasteiger partial charge in [0, 0.05) is 37.3 Å². The van der Waals surface area contributed by atoms with Crippen molar-refractivity contribution in [3.05, 3.63) is 99.3 Å². The number of hydrogen-bond donors (Lipinski definition) is 1. The Morgan fingerprint density at radius 3 is 2.59 bits per heavy atom. The molecule has 9 nitrogen and oxygen atoms in total. The molecule has 10 heteroatoms. The van der Waals surface area contributed by atoms with Crippen LogP contribution in [0.3, 0.4) is 0 Å². The quantitative estimate of drug-likeness (QED) is 0.367. The number of aromatic nitrogens is 3. The first-order valence-electron chi connectivity index (χ1n) is 11.2. The van der Waals surface area contributed by atoms with Gasteiger partial charge in [0.1, 0.15) is 17.2 Å². The molecule has 4 aromatic rings. The van der Waals surface area contributed by atoms with Crippen LogP contribution >= 0.6 is 0 Å². The number of nitrogens with zero attached hydrogens (tertiary/aromatic N) is 3. The molecule has 4 rings (SSSR count). The van der Waals surface area contributed by atoms with Gasteiger partial charge >= 0.3 is 5.97 Å². The van der Waals surface area contributed by atoms with E-state index in [9.17, 15) is 9.59 Å². The summed E-state index contributed by atoms with van der Waals surface area (Å²) in [5.74, 6) is -0.436. The third-order valence-electron chi connectivity index (χ3n) is 5.57. The summed E-state index contributed by atoms with van der Waals surface area (Å²) in [7, 11) is 4.17. The van der Waals surface area contributed by atoms with Gasteiger partial charge in [-0.25, -0.2) is 13.9 Å². The van der Waals surface area contributed by atoms with Crippen molar-refractivity contribution in [1.82, 2.24) is 14.8 Å². The number of rotatable bonds is 8. The van der Waals surface area contributed by atoms with Crippen LogP contribution in [0.2, 0.25) is 0 Å². The van der Waals surface area contributed by atoms with E-state index in [1.165, 1.54) is 38.3 Å².